The first-order valence-corrected chi connectivity index (χ1v) is 10.6. The lowest BCUT2D eigenvalue weighted by atomic mass is 10.2. The Morgan fingerprint density at radius 1 is 0.969 bits per heavy atom. The third-order valence-corrected chi connectivity index (χ3v) is 5.41. The number of anilines is 1. The van der Waals surface area contributed by atoms with Crippen LogP contribution in [0.15, 0.2) is 71.7 Å². The van der Waals surface area contributed by atoms with Crippen molar-refractivity contribution in [3.8, 4) is 17.2 Å². The van der Waals surface area contributed by atoms with E-state index in [9.17, 15) is 4.79 Å². The van der Waals surface area contributed by atoms with Crippen LogP contribution in [0.2, 0.25) is 0 Å². The third-order valence-electron chi connectivity index (χ3n) is 5.41. The Bertz CT molecular complexity index is 1140. The van der Waals surface area contributed by atoms with Gasteiger partial charge < -0.3 is 24.4 Å². The summed E-state index contributed by atoms with van der Waals surface area (Å²) >= 11 is 0. The van der Waals surface area contributed by atoms with Gasteiger partial charge in [-0.3, -0.25) is 4.99 Å². The van der Waals surface area contributed by atoms with E-state index in [2.05, 4.69) is 27.3 Å². The number of nitrogens with one attached hydrogen (secondary N) is 1. The predicted octanol–water partition coefficient (Wildman–Crippen LogP) is 3.79. The molecule has 3 aromatic carbocycles. The Labute approximate surface area is 186 Å². The normalized spacial score (nSPS) is 15.2. The van der Waals surface area contributed by atoms with Gasteiger partial charge in [0.15, 0.2) is 11.5 Å². The number of carbonyl (C=O) groups excluding carboxylic acids is 1. The van der Waals surface area contributed by atoms with Crippen LogP contribution in [0, 0.1) is 0 Å². The Morgan fingerprint density at radius 3 is 2.59 bits per heavy atom. The first-order chi connectivity index (χ1) is 15.8. The van der Waals surface area contributed by atoms with Crippen LogP contribution in [0.3, 0.4) is 0 Å². The Balaban J connectivity index is 1.29. The van der Waals surface area contributed by atoms with Crippen LogP contribution >= 0.6 is 0 Å². The Hall–Kier alpha value is -3.84. The van der Waals surface area contributed by atoms with E-state index < -0.39 is 5.97 Å². The van der Waals surface area contributed by atoms with Crippen LogP contribution in [0.5, 0.6) is 17.2 Å². The smallest absolute Gasteiger partial charge is 0.343 e. The van der Waals surface area contributed by atoms with Crippen LogP contribution in [0.25, 0.3) is 0 Å². The molecule has 0 unspecified atom stereocenters. The maximum absolute atomic E-state index is 12.7. The fourth-order valence-corrected chi connectivity index (χ4v) is 3.68. The van der Waals surface area contributed by atoms with Gasteiger partial charge in [-0.1, -0.05) is 12.1 Å². The van der Waals surface area contributed by atoms with Gasteiger partial charge in [-0.15, -0.1) is 0 Å². The molecule has 0 saturated carbocycles. The van der Waals surface area contributed by atoms with Crippen LogP contribution in [0.4, 0.5) is 11.4 Å². The average Bonchev–Trinajstić information content (AvgIpc) is 3.32. The molecule has 0 atom stereocenters. The minimum Gasteiger partial charge on any atom is -0.454 e. The van der Waals surface area contributed by atoms with E-state index in [-0.39, 0.29) is 6.79 Å². The number of rotatable bonds is 5. The van der Waals surface area contributed by atoms with Gasteiger partial charge in [0.2, 0.25) is 6.79 Å². The zero-order valence-corrected chi connectivity index (χ0v) is 17.5. The third kappa shape index (κ3) is 4.43. The van der Waals surface area contributed by atoms with Crippen molar-refractivity contribution in [2.24, 2.45) is 4.99 Å². The number of aliphatic imine (C=N–C) groups is 1. The van der Waals surface area contributed by atoms with Crippen LogP contribution in [-0.4, -0.2) is 45.2 Å². The minimum atomic E-state index is -0.468. The monoisotopic (exact) mass is 429 g/mol. The molecule has 0 amide bonds. The van der Waals surface area contributed by atoms with Crippen molar-refractivity contribution in [2.45, 2.75) is 0 Å². The highest BCUT2D eigenvalue weighted by molar-refractivity contribution is 5.94. The topological polar surface area (TPSA) is 72.4 Å². The van der Waals surface area contributed by atoms with Crippen molar-refractivity contribution in [3.63, 3.8) is 0 Å². The summed E-state index contributed by atoms with van der Waals surface area (Å²) in [6.45, 7) is 4.17. The van der Waals surface area contributed by atoms with Crippen molar-refractivity contribution in [1.82, 2.24) is 5.32 Å². The van der Waals surface area contributed by atoms with Gasteiger partial charge in [0, 0.05) is 43.6 Å². The van der Waals surface area contributed by atoms with E-state index in [4.69, 9.17) is 14.2 Å². The van der Waals surface area contributed by atoms with E-state index in [0.717, 1.165) is 31.9 Å². The second-order valence-corrected chi connectivity index (χ2v) is 7.51. The van der Waals surface area contributed by atoms with E-state index in [0.29, 0.717) is 28.4 Å². The summed E-state index contributed by atoms with van der Waals surface area (Å²) in [7, 11) is 0. The lowest BCUT2D eigenvalue weighted by Gasteiger charge is -2.29. The predicted molar refractivity (Wildman–Crippen MR) is 123 cm³/mol. The molecular weight excluding hydrogens is 406 g/mol. The minimum absolute atomic E-state index is 0.156. The quantitative estimate of drug-likeness (QED) is 0.378. The number of nitrogens with zero attached hydrogens (tertiary/aromatic N) is 2. The van der Waals surface area contributed by atoms with Gasteiger partial charge in [-0.05, 0) is 54.6 Å². The summed E-state index contributed by atoms with van der Waals surface area (Å²) in [5.74, 6) is 1.14. The number of hydrogen-bond acceptors (Lipinski definition) is 7. The highest BCUT2D eigenvalue weighted by Gasteiger charge is 2.18. The second kappa shape index (κ2) is 9.11. The molecule has 3 aromatic rings. The van der Waals surface area contributed by atoms with E-state index >= 15 is 0 Å². The molecule has 32 heavy (non-hydrogen) atoms. The van der Waals surface area contributed by atoms with Gasteiger partial charge in [0.05, 0.1) is 11.3 Å². The van der Waals surface area contributed by atoms with Crippen molar-refractivity contribution in [2.75, 3.05) is 37.9 Å². The molecule has 2 aliphatic rings. The molecule has 0 radical (unpaired) electrons. The van der Waals surface area contributed by atoms with Gasteiger partial charge in [0.25, 0.3) is 0 Å². The van der Waals surface area contributed by atoms with Gasteiger partial charge in [0.1, 0.15) is 5.75 Å². The lowest BCUT2D eigenvalue weighted by Crippen LogP contribution is -2.43. The number of benzene rings is 3. The molecule has 162 valence electrons. The first-order valence-electron chi connectivity index (χ1n) is 10.6. The molecule has 1 N–H and O–H groups in total. The van der Waals surface area contributed by atoms with Gasteiger partial charge >= 0.3 is 5.97 Å². The van der Waals surface area contributed by atoms with E-state index in [1.54, 1.807) is 30.5 Å². The maximum Gasteiger partial charge on any atom is 0.343 e. The van der Waals surface area contributed by atoms with E-state index in [1.165, 1.54) is 5.69 Å². The van der Waals surface area contributed by atoms with Gasteiger partial charge in [-0.25, -0.2) is 4.79 Å². The number of para-hydroxylation sites is 1. The molecule has 0 bridgehead atoms. The second-order valence-electron chi connectivity index (χ2n) is 7.51. The van der Waals surface area contributed by atoms with Crippen molar-refractivity contribution in [3.05, 3.63) is 77.9 Å². The van der Waals surface area contributed by atoms with E-state index in [1.807, 2.05) is 30.3 Å². The fourth-order valence-electron chi connectivity index (χ4n) is 3.68. The standard InChI is InChI=1S/C25H23N3O4/c29-25(18-5-10-23-24(15-18)31-17-30-23)32-22-4-2-1-3-19(22)16-27-20-6-8-21(9-7-20)28-13-11-26-12-14-28/h1-10,15-16,26H,11-14,17H2. The number of piperazine rings is 1. The molecule has 1 fully saturated rings. The van der Waals surface area contributed by atoms with Crippen molar-refractivity contribution < 1.29 is 19.0 Å². The molecule has 7 heteroatoms. The molecule has 5 rings (SSSR count). The highest BCUT2D eigenvalue weighted by atomic mass is 16.7. The highest BCUT2D eigenvalue weighted by Crippen LogP contribution is 2.33. The molecule has 2 aliphatic heterocycles. The zero-order chi connectivity index (χ0) is 21.8. The summed E-state index contributed by atoms with van der Waals surface area (Å²) in [5, 5.41) is 3.36. The zero-order valence-electron chi connectivity index (χ0n) is 17.5. The largest absolute Gasteiger partial charge is 0.454 e. The summed E-state index contributed by atoms with van der Waals surface area (Å²) in [5.41, 5.74) is 3.14. The Morgan fingerprint density at radius 2 is 1.75 bits per heavy atom. The molecule has 0 aliphatic carbocycles. The number of ether oxygens (including phenoxy) is 3. The summed E-state index contributed by atoms with van der Waals surface area (Å²) in [6, 6.07) is 20.5. The fraction of sp³-hybridized carbons (Fsp3) is 0.200. The molecule has 0 aromatic heterocycles. The van der Waals surface area contributed by atoms with Crippen molar-refractivity contribution in [1.29, 1.82) is 0 Å². The number of fused-ring (bicyclic) bond motifs is 1. The first kappa shape index (κ1) is 20.1. The summed E-state index contributed by atoms with van der Waals surface area (Å²) in [6.07, 6.45) is 1.71. The SMILES string of the molecule is O=C(Oc1ccccc1C=Nc1ccc(N2CCNCC2)cc1)c1ccc2c(c1)OCO2. The van der Waals surface area contributed by atoms with Gasteiger partial charge in [-0.2, -0.15) is 0 Å². The molecule has 1 saturated heterocycles. The molecule has 7 nitrogen and oxygen atoms in total. The molecular formula is C25H23N3O4. The average molecular weight is 429 g/mol. The lowest BCUT2D eigenvalue weighted by molar-refractivity contribution is 0.0734. The van der Waals surface area contributed by atoms with Crippen LogP contribution in [0.1, 0.15) is 15.9 Å². The molecule has 0 spiro atoms. The van der Waals surface area contributed by atoms with Crippen LogP contribution in [-0.2, 0) is 0 Å². The number of hydrogen-bond donors (Lipinski definition) is 1. The van der Waals surface area contributed by atoms with Crippen molar-refractivity contribution >= 4 is 23.6 Å². The maximum atomic E-state index is 12.7. The molecule has 2 heterocycles. The van der Waals surface area contributed by atoms with Crippen LogP contribution < -0.4 is 24.4 Å². The summed E-state index contributed by atoms with van der Waals surface area (Å²) < 4.78 is 16.3. The summed E-state index contributed by atoms with van der Waals surface area (Å²) in [4.78, 5) is 19.6. The number of carbonyl (C=O) groups is 1. The number of esters is 1. The Kier molecular flexibility index (Phi) is 5.72.